The molecule has 0 spiro atoms. The number of amides is 1. The summed E-state index contributed by atoms with van der Waals surface area (Å²) in [7, 11) is -0.688. The third kappa shape index (κ3) is 4.04. The van der Waals surface area contributed by atoms with Crippen LogP contribution in [0.15, 0.2) is 45.9 Å². The van der Waals surface area contributed by atoms with Crippen molar-refractivity contribution in [2.75, 3.05) is 20.6 Å². The standard InChI is InChI=1S/C17H22N2O4S/c1-13-7-8-16(10-14(13)2)24(21,22)19(4)12-17(20)18(3)11-15-6-5-9-23-15/h5-10H,11-12H2,1-4H3. The molecule has 130 valence electrons. The van der Waals surface area contributed by atoms with E-state index in [0.717, 1.165) is 15.4 Å². The van der Waals surface area contributed by atoms with E-state index in [1.807, 2.05) is 13.8 Å². The molecule has 0 saturated heterocycles. The first-order valence-corrected chi connectivity index (χ1v) is 8.96. The maximum Gasteiger partial charge on any atom is 0.243 e. The van der Waals surface area contributed by atoms with Crippen LogP contribution in [0.1, 0.15) is 16.9 Å². The highest BCUT2D eigenvalue weighted by Gasteiger charge is 2.24. The average Bonchev–Trinajstić information content (AvgIpc) is 3.02. The van der Waals surface area contributed by atoms with Gasteiger partial charge in [0.1, 0.15) is 5.76 Å². The van der Waals surface area contributed by atoms with Gasteiger partial charge in [-0.2, -0.15) is 4.31 Å². The van der Waals surface area contributed by atoms with Gasteiger partial charge in [0.25, 0.3) is 0 Å². The number of nitrogens with zero attached hydrogens (tertiary/aromatic N) is 2. The fourth-order valence-electron chi connectivity index (χ4n) is 2.17. The van der Waals surface area contributed by atoms with Crippen LogP contribution in [0.2, 0.25) is 0 Å². The minimum atomic E-state index is -3.71. The number of carbonyl (C=O) groups excluding carboxylic acids is 1. The Morgan fingerprint density at radius 2 is 1.83 bits per heavy atom. The fraction of sp³-hybridized carbons (Fsp3) is 0.353. The summed E-state index contributed by atoms with van der Waals surface area (Å²) in [6.07, 6.45) is 1.53. The topological polar surface area (TPSA) is 70.8 Å². The second kappa shape index (κ2) is 7.19. The number of carbonyl (C=O) groups is 1. The van der Waals surface area contributed by atoms with Crippen LogP contribution in [0, 0.1) is 13.8 Å². The molecule has 0 saturated carbocycles. The Kier molecular flexibility index (Phi) is 5.46. The number of rotatable bonds is 6. The molecule has 0 radical (unpaired) electrons. The van der Waals surface area contributed by atoms with Gasteiger partial charge in [0, 0.05) is 14.1 Å². The van der Waals surface area contributed by atoms with Crippen LogP contribution in [0.5, 0.6) is 0 Å². The van der Waals surface area contributed by atoms with Crippen molar-refractivity contribution in [3.8, 4) is 0 Å². The Balaban J connectivity index is 2.08. The lowest BCUT2D eigenvalue weighted by Gasteiger charge is -2.21. The van der Waals surface area contributed by atoms with Gasteiger partial charge in [-0.05, 0) is 49.2 Å². The average molecular weight is 350 g/mol. The van der Waals surface area contributed by atoms with Gasteiger partial charge in [0.2, 0.25) is 15.9 Å². The summed E-state index contributed by atoms with van der Waals surface area (Å²) >= 11 is 0. The Bertz CT molecular complexity index is 813. The van der Waals surface area contributed by atoms with Crippen molar-refractivity contribution in [3.05, 3.63) is 53.5 Å². The number of aryl methyl sites for hydroxylation is 2. The third-order valence-corrected chi connectivity index (χ3v) is 5.74. The fourth-order valence-corrected chi connectivity index (χ4v) is 3.38. The van der Waals surface area contributed by atoms with Gasteiger partial charge in [-0.3, -0.25) is 4.79 Å². The first kappa shape index (κ1) is 18.2. The van der Waals surface area contributed by atoms with E-state index in [4.69, 9.17) is 4.42 Å². The van der Waals surface area contributed by atoms with Gasteiger partial charge < -0.3 is 9.32 Å². The summed E-state index contributed by atoms with van der Waals surface area (Å²) in [5.74, 6) is 0.340. The number of hydrogen-bond donors (Lipinski definition) is 0. The van der Waals surface area contributed by atoms with Crippen molar-refractivity contribution in [3.63, 3.8) is 0 Å². The number of likely N-dealkylation sites (N-methyl/N-ethyl adjacent to an activating group) is 2. The summed E-state index contributed by atoms with van der Waals surface area (Å²) in [5, 5.41) is 0. The quantitative estimate of drug-likeness (QED) is 0.800. The normalized spacial score (nSPS) is 11.7. The van der Waals surface area contributed by atoms with E-state index >= 15 is 0 Å². The molecule has 1 amide bonds. The molecule has 0 atom stereocenters. The van der Waals surface area contributed by atoms with Crippen LogP contribution < -0.4 is 0 Å². The van der Waals surface area contributed by atoms with E-state index in [2.05, 4.69) is 0 Å². The van der Waals surface area contributed by atoms with Gasteiger partial charge in [-0.15, -0.1) is 0 Å². The summed E-state index contributed by atoms with van der Waals surface area (Å²) < 4.78 is 31.5. The van der Waals surface area contributed by atoms with Gasteiger partial charge in [-0.25, -0.2) is 8.42 Å². The summed E-state index contributed by atoms with van der Waals surface area (Å²) in [4.78, 5) is 13.9. The van der Waals surface area contributed by atoms with E-state index in [-0.39, 0.29) is 17.3 Å². The van der Waals surface area contributed by atoms with Crippen LogP contribution in [0.3, 0.4) is 0 Å². The molecule has 0 bridgehead atoms. The molecule has 6 nitrogen and oxygen atoms in total. The molecule has 1 aromatic carbocycles. The van der Waals surface area contributed by atoms with E-state index in [1.54, 1.807) is 37.4 Å². The van der Waals surface area contributed by atoms with Crippen molar-refractivity contribution in [1.29, 1.82) is 0 Å². The molecule has 0 aliphatic carbocycles. The van der Waals surface area contributed by atoms with Crippen LogP contribution >= 0.6 is 0 Å². The summed E-state index contributed by atoms with van der Waals surface area (Å²) in [6.45, 7) is 3.84. The zero-order chi connectivity index (χ0) is 17.9. The molecule has 0 fully saturated rings. The molecular formula is C17H22N2O4S. The van der Waals surface area contributed by atoms with Gasteiger partial charge in [0.05, 0.1) is 24.2 Å². The molecule has 7 heteroatoms. The number of benzene rings is 1. The van der Waals surface area contributed by atoms with Crippen molar-refractivity contribution >= 4 is 15.9 Å². The molecule has 2 rings (SSSR count). The molecule has 24 heavy (non-hydrogen) atoms. The largest absolute Gasteiger partial charge is 0.467 e. The van der Waals surface area contributed by atoms with Gasteiger partial charge in [0.15, 0.2) is 0 Å². The lowest BCUT2D eigenvalue weighted by molar-refractivity contribution is -0.130. The van der Waals surface area contributed by atoms with E-state index in [0.29, 0.717) is 12.3 Å². The zero-order valence-corrected chi connectivity index (χ0v) is 15.1. The molecule has 0 unspecified atom stereocenters. The van der Waals surface area contributed by atoms with Gasteiger partial charge in [-0.1, -0.05) is 6.07 Å². The van der Waals surface area contributed by atoms with Crippen LogP contribution in [-0.4, -0.2) is 44.2 Å². The Labute approximate surface area is 142 Å². The second-order valence-corrected chi connectivity index (χ2v) is 7.88. The smallest absolute Gasteiger partial charge is 0.243 e. The lowest BCUT2D eigenvalue weighted by Crippen LogP contribution is -2.39. The van der Waals surface area contributed by atoms with Crippen molar-refractivity contribution < 1.29 is 17.6 Å². The summed E-state index contributed by atoms with van der Waals surface area (Å²) in [5.41, 5.74) is 1.91. The molecular weight excluding hydrogens is 328 g/mol. The van der Waals surface area contributed by atoms with Crippen LogP contribution in [0.25, 0.3) is 0 Å². The highest BCUT2D eigenvalue weighted by Crippen LogP contribution is 2.18. The first-order valence-electron chi connectivity index (χ1n) is 7.51. The minimum Gasteiger partial charge on any atom is -0.467 e. The monoisotopic (exact) mass is 350 g/mol. The zero-order valence-electron chi connectivity index (χ0n) is 14.3. The highest BCUT2D eigenvalue weighted by molar-refractivity contribution is 7.89. The molecule has 1 aromatic heterocycles. The molecule has 0 aliphatic heterocycles. The third-order valence-electron chi connectivity index (χ3n) is 3.94. The van der Waals surface area contributed by atoms with E-state index in [9.17, 15) is 13.2 Å². The second-order valence-electron chi connectivity index (χ2n) is 5.84. The molecule has 0 aliphatic rings. The van der Waals surface area contributed by atoms with E-state index < -0.39 is 10.0 Å². The Hall–Kier alpha value is -2.12. The predicted molar refractivity (Wildman–Crippen MR) is 90.9 cm³/mol. The minimum absolute atomic E-state index is 0.189. The van der Waals surface area contributed by atoms with Crippen molar-refractivity contribution in [2.24, 2.45) is 0 Å². The van der Waals surface area contributed by atoms with Gasteiger partial charge >= 0.3 is 0 Å². The maximum atomic E-state index is 12.6. The lowest BCUT2D eigenvalue weighted by atomic mass is 10.1. The van der Waals surface area contributed by atoms with Crippen LogP contribution in [-0.2, 0) is 21.4 Å². The SMILES string of the molecule is Cc1ccc(S(=O)(=O)N(C)CC(=O)N(C)Cc2ccco2)cc1C. The van der Waals surface area contributed by atoms with Crippen LogP contribution in [0.4, 0.5) is 0 Å². The number of sulfonamides is 1. The maximum absolute atomic E-state index is 12.6. The molecule has 1 heterocycles. The Morgan fingerprint density at radius 3 is 2.42 bits per heavy atom. The predicted octanol–water partition coefficient (Wildman–Crippen LogP) is 2.18. The number of furan rings is 1. The van der Waals surface area contributed by atoms with Crippen molar-refractivity contribution in [2.45, 2.75) is 25.3 Å². The molecule has 0 N–H and O–H groups in total. The summed E-state index contributed by atoms with van der Waals surface area (Å²) in [6, 6.07) is 8.45. The number of hydrogen-bond acceptors (Lipinski definition) is 4. The van der Waals surface area contributed by atoms with Crippen molar-refractivity contribution in [1.82, 2.24) is 9.21 Å². The first-order chi connectivity index (χ1) is 11.2. The molecule has 2 aromatic rings. The Morgan fingerprint density at radius 1 is 1.12 bits per heavy atom. The highest BCUT2D eigenvalue weighted by atomic mass is 32.2. The van der Waals surface area contributed by atoms with E-state index in [1.165, 1.54) is 18.2 Å².